The first kappa shape index (κ1) is 15.3. The number of H-pyrrole nitrogens is 1. The number of para-hydroxylation sites is 2. The van der Waals surface area contributed by atoms with Crippen LogP contribution in [-0.4, -0.2) is 39.8 Å². The number of nitrogens with one attached hydrogen (secondary N) is 2. The van der Waals surface area contributed by atoms with Crippen LogP contribution in [0.1, 0.15) is 22.8 Å². The summed E-state index contributed by atoms with van der Waals surface area (Å²) >= 11 is 0. The van der Waals surface area contributed by atoms with Crippen molar-refractivity contribution < 1.29 is 9.59 Å². The maximum atomic E-state index is 12.8. The Kier molecular flexibility index (Phi) is 3.68. The first-order valence-electron chi connectivity index (χ1n) is 8.15. The monoisotopic (exact) mass is 335 g/mol. The third-order valence-corrected chi connectivity index (χ3v) is 4.46. The highest BCUT2D eigenvalue weighted by molar-refractivity contribution is 6.07. The quantitative estimate of drug-likeness (QED) is 0.762. The zero-order valence-corrected chi connectivity index (χ0v) is 13.7. The predicted octanol–water partition coefficient (Wildman–Crippen LogP) is 1.67. The van der Waals surface area contributed by atoms with Gasteiger partial charge in [-0.05, 0) is 37.1 Å². The van der Waals surface area contributed by atoms with Gasteiger partial charge in [0.25, 0.3) is 5.91 Å². The van der Waals surface area contributed by atoms with Crippen molar-refractivity contribution in [2.75, 3.05) is 11.4 Å². The number of nitrogens with zero attached hydrogens (tertiary/aromatic N) is 3. The summed E-state index contributed by atoms with van der Waals surface area (Å²) in [4.78, 5) is 27.1. The number of hydrogen-bond acceptors (Lipinski definition) is 4. The van der Waals surface area contributed by atoms with Crippen molar-refractivity contribution >= 4 is 28.5 Å². The second kappa shape index (κ2) is 6.01. The minimum Gasteiger partial charge on any atom is -0.340 e. The van der Waals surface area contributed by atoms with Crippen LogP contribution >= 0.6 is 0 Å². The predicted molar refractivity (Wildman–Crippen MR) is 93.3 cm³/mol. The van der Waals surface area contributed by atoms with E-state index in [9.17, 15) is 9.59 Å². The van der Waals surface area contributed by atoms with E-state index in [2.05, 4.69) is 20.7 Å². The molecule has 7 nitrogen and oxygen atoms in total. The normalized spacial score (nSPS) is 14.4. The molecule has 2 N–H and O–H groups in total. The summed E-state index contributed by atoms with van der Waals surface area (Å²) in [7, 11) is 0. The lowest BCUT2D eigenvalue weighted by Crippen LogP contribution is -2.46. The van der Waals surface area contributed by atoms with Gasteiger partial charge in [0.05, 0.1) is 5.56 Å². The van der Waals surface area contributed by atoms with Gasteiger partial charge in [0, 0.05) is 12.2 Å². The van der Waals surface area contributed by atoms with Crippen LogP contribution in [0.25, 0.3) is 11.0 Å². The van der Waals surface area contributed by atoms with E-state index in [4.69, 9.17) is 0 Å². The smallest absolute Gasteiger partial charge is 0.254 e. The van der Waals surface area contributed by atoms with E-state index in [1.165, 1.54) is 0 Å². The molecule has 1 aromatic heterocycles. The molecule has 0 bridgehead atoms. The number of carbonyl (C=O) groups excluding carboxylic acids is 2. The van der Waals surface area contributed by atoms with Crippen LogP contribution in [0.15, 0.2) is 42.5 Å². The number of carbonyl (C=O) groups is 2. The largest absolute Gasteiger partial charge is 0.340 e. The molecule has 0 aliphatic carbocycles. The molecule has 0 radical (unpaired) electrons. The lowest BCUT2D eigenvalue weighted by atomic mass is 10.1. The Morgan fingerprint density at radius 2 is 2.00 bits per heavy atom. The molecule has 0 spiro atoms. The number of fused-ring (bicyclic) bond motifs is 2. The van der Waals surface area contributed by atoms with Crippen molar-refractivity contribution in [3.05, 3.63) is 53.6 Å². The molecule has 4 rings (SSSR count). The van der Waals surface area contributed by atoms with Crippen LogP contribution < -0.4 is 10.2 Å². The molecule has 25 heavy (non-hydrogen) atoms. The number of hydrogen-bond donors (Lipinski definition) is 2. The number of anilines is 1. The van der Waals surface area contributed by atoms with Crippen LogP contribution in [0.2, 0.25) is 0 Å². The van der Waals surface area contributed by atoms with Crippen LogP contribution in [0, 0.1) is 0 Å². The van der Waals surface area contributed by atoms with Gasteiger partial charge in [-0.1, -0.05) is 24.3 Å². The molecule has 0 fully saturated rings. The van der Waals surface area contributed by atoms with Crippen molar-refractivity contribution in [3.63, 3.8) is 0 Å². The first-order chi connectivity index (χ1) is 12.1. The third-order valence-electron chi connectivity index (χ3n) is 4.46. The Morgan fingerprint density at radius 3 is 2.88 bits per heavy atom. The fourth-order valence-corrected chi connectivity index (χ4v) is 3.19. The van der Waals surface area contributed by atoms with Gasteiger partial charge in [-0.2, -0.15) is 15.4 Å². The minimum absolute atomic E-state index is 0.120. The molecule has 126 valence electrons. The number of benzene rings is 2. The highest BCUT2D eigenvalue weighted by atomic mass is 16.2. The Labute approximate surface area is 144 Å². The summed E-state index contributed by atoms with van der Waals surface area (Å²) in [5, 5.41) is 13.3. The van der Waals surface area contributed by atoms with Crippen LogP contribution in [0.3, 0.4) is 0 Å². The molecule has 1 aliphatic heterocycles. The maximum absolute atomic E-state index is 12.8. The average Bonchev–Trinajstić information content (AvgIpc) is 3.27. The summed E-state index contributed by atoms with van der Waals surface area (Å²) in [6, 6.07) is 12.4. The molecule has 2 heterocycles. The highest BCUT2D eigenvalue weighted by Crippen LogP contribution is 2.27. The second-order valence-corrected chi connectivity index (χ2v) is 6.06. The number of amides is 2. The molecule has 1 atom stereocenters. The Morgan fingerprint density at radius 1 is 1.16 bits per heavy atom. The molecule has 1 aliphatic rings. The van der Waals surface area contributed by atoms with Gasteiger partial charge >= 0.3 is 0 Å². The van der Waals surface area contributed by atoms with E-state index in [0.717, 1.165) is 17.7 Å². The lowest BCUT2D eigenvalue weighted by molar-refractivity contribution is -0.119. The second-order valence-electron chi connectivity index (χ2n) is 6.06. The molecule has 0 saturated carbocycles. The van der Waals surface area contributed by atoms with Gasteiger partial charge in [0.2, 0.25) is 5.91 Å². The van der Waals surface area contributed by atoms with E-state index in [1.807, 2.05) is 24.3 Å². The lowest BCUT2D eigenvalue weighted by Gasteiger charge is -2.22. The topological polar surface area (TPSA) is 91.0 Å². The van der Waals surface area contributed by atoms with Gasteiger partial charge in [0.1, 0.15) is 17.1 Å². The fourth-order valence-electron chi connectivity index (χ4n) is 3.19. The molecule has 7 heteroatoms. The first-order valence-corrected chi connectivity index (χ1v) is 8.15. The van der Waals surface area contributed by atoms with E-state index in [1.54, 1.807) is 30.0 Å². The Balaban J connectivity index is 1.52. The fraction of sp³-hybridized carbons (Fsp3) is 0.222. The maximum Gasteiger partial charge on any atom is 0.254 e. The summed E-state index contributed by atoms with van der Waals surface area (Å²) in [6.07, 6.45) is 0.834. The van der Waals surface area contributed by atoms with Crippen molar-refractivity contribution in [3.8, 4) is 0 Å². The van der Waals surface area contributed by atoms with Gasteiger partial charge in [-0.15, -0.1) is 0 Å². The Hall–Kier alpha value is -3.22. The average molecular weight is 335 g/mol. The van der Waals surface area contributed by atoms with Crippen molar-refractivity contribution in [2.24, 2.45) is 0 Å². The molecule has 3 aromatic rings. The molecular formula is C18H17N5O2. The zero-order chi connectivity index (χ0) is 17.4. The van der Waals surface area contributed by atoms with Crippen LogP contribution in [-0.2, 0) is 11.2 Å². The van der Waals surface area contributed by atoms with Crippen molar-refractivity contribution in [2.45, 2.75) is 19.4 Å². The Bertz CT molecular complexity index is 965. The van der Waals surface area contributed by atoms with Crippen molar-refractivity contribution in [1.82, 2.24) is 20.7 Å². The summed E-state index contributed by atoms with van der Waals surface area (Å²) < 4.78 is 0. The van der Waals surface area contributed by atoms with Gasteiger partial charge in [-0.3, -0.25) is 9.59 Å². The van der Waals surface area contributed by atoms with E-state index >= 15 is 0 Å². The van der Waals surface area contributed by atoms with E-state index < -0.39 is 6.04 Å². The number of aromatic amines is 1. The minimum atomic E-state index is -0.638. The van der Waals surface area contributed by atoms with Crippen LogP contribution in [0.4, 0.5) is 5.69 Å². The highest BCUT2D eigenvalue weighted by Gasteiger charge is 2.29. The molecule has 2 amide bonds. The molecule has 2 aromatic carbocycles. The van der Waals surface area contributed by atoms with Gasteiger partial charge in [0.15, 0.2) is 0 Å². The summed E-state index contributed by atoms with van der Waals surface area (Å²) in [5.41, 5.74) is 3.58. The number of aromatic nitrogens is 3. The SMILES string of the molecule is C[C@@H](NC(=O)c1cccc2n[nH]nc12)C(=O)N1CCc2ccccc21. The summed E-state index contributed by atoms with van der Waals surface area (Å²) in [5.74, 6) is -0.460. The zero-order valence-electron chi connectivity index (χ0n) is 13.7. The third kappa shape index (κ3) is 2.63. The molecular weight excluding hydrogens is 318 g/mol. The standard InChI is InChI=1S/C18H17N5O2/c1-11(18(25)23-10-9-12-5-2-3-8-15(12)23)19-17(24)13-6-4-7-14-16(13)21-22-20-14/h2-8,11H,9-10H2,1H3,(H,19,24)(H,20,21,22)/t11-/m1/s1. The van der Waals surface area contributed by atoms with Crippen molar-refractivity contribution in [1.29, 1.82) is 0 Å². The molecule has 0 unspecified atom stereocenters. The van der Waals surface area contributed by atoms with E-state index in [-0.39, 0.29) is 11.8 Å². The van der Waals surface area contributed by atoms with Gasteiger partial charge in [-0.25, -0.2) is 0 Å². The molecule has 0 saturated heterocycles. The van der Waals surface area contributed by atoms with E-state index in [0.29, 0.717) is 23.1 Å². The van der Waals surface area contributed by atoms with Crippen LogP contribution in [0.5, 0.6) is 0 Å². The van der Waals surface area contributed by atoms with Gasteiger partial charge < -0.3 is 10.2 Å². The summed E-state index contributed by atoms with van der Waals surface area (Å²) in [6.45, 7) is 2.33. The number of rotatable bonds is 3.